The Labute approximate surface area is 96.8 Å². The molecule has 2 rings (SSSR count). The van der Waals surface area contributed by atoms with Crippen LogP contribution in [-0.4, -0.2) is 18.7 Å². The fourth-order valence-corrected chi connectivity index (χ4v) is 2.70. The van der Waals surface area contributed by atoms with E-state index in [4.69, 9.17) is 9.47 Å². The van der Waals surface area contributed by atoms with E-state index in [1.165, 1.54) is 7.11 Å². The topological polar surface area (TPSA) is 35.5 Å². The fraction of sp³-hybridized carbons (Fsp3) is 0.769. The standard InChI is InChI=1S/C13H20O3/c1-12(2)6-5-7-13(3)9(11(14)15-4)8-10(12)16-13/h8-9H,5-7H2,1-4H3. The third kappa shape index (κ3) is 1.62. The van der Waals surface area contributed by atoms with Crippen molar-refractivity contribution in [2.45, 2.75) is 45.6 Å². The molecule has 2 aliphatic rings. The molecule has 90 valence electrons. The lowest BCUT2D eigenvalue weighted by Crippen LogP contribution is -2.37. The Bertz CT molecular complexity index is 343. The van der Waals surface area contributed by atoms with Gasteiger partial charge in [-0.1, -0.05) is 13.8 Å². The van der Waals surface area contributed by atoms with Crippen LogP contribution in [0.2, 0.25) is 0 Å². The van der Waals surface area contributed by atoms with E-state index in [1.807, 2.05) is 13.0 Å². The maximum atomic E-state index is 11.7. The molecular weight excluding hydrogens is 204 g/mol. The second-order valence-corrected chi connectivity index (χ2v) is 5.68. The van der Waals surface area contributed by atoms with Crippen molar-refractivity contribution < 1.29 is 14.3 Å². The number of fused-ring (bicyclic) bond motifs is 2. The second-order valence-electron chi connectivity index (χ2n) is 5.68. The fourth-order valence-electron chi connectivity index (χ4n) is 2.70. The second kappa shape index (κ2) is 3.51. The Morgan fingerprint density at radius 3 is 2.75 bits per heavy atom. The Morgan fingerprint density at radius 1 is 1.44 bits per heavy atom. The molecule has 0 aromatic rings. The van der Waals surface area contributed by atoms with E-state index in [0.717, 1.165) is 25.0 Å². The molecule has 0 aliphatic carbocycles. The zero-order chi connectivity index (χ0) is 12.0. The van der Waals surface area contributed by atoms with Gasteiger partial charge in [-0.15, -0.1) is 0 Å². The number of ether oxygens (including phenoxy) is 2. The van der Waals surface area contributed by atoms with Crippen LogP contribution in [0.5, 0.6) is 0 Å². The van der Waals surface area contributed by atoms with Gasteiger partial charge in [-0.3, -0.25) is 4.79 Å². The van der Waals surface area contributed by atoms with Crippen LogP contribution in [0.4, 0.5) is 0 Å². The van der Waals surface area contributed by atoms with Crippen molar-refractivity contribution in [3.63, 3.8) is 0 Å². The number of allylic oxidation sites excluding steroid dienone is 1. The van der Waals surface area contributed by atoms with Gasteiger partial charge in [-0.2, -0.15) is 0 Å². The Kier molecular flexibility index (Phi) is 2.52. The zero-order valence-electron chi connectivity index (χ0n) is 10.5. The van der Waals surface area contributed by atoms with Gasteiger partial charge in [0.05, 0.1) is 12.9 Å². The lowest BCUT2D eigenvalue weighted by atomic mass is 9.78. The van der Waals surface area contributed by atoms with Gasteiger partial charge in [0.2, 0.25) is 0 Å². The molecule has 0 aromatic heterocycles. The van der Waals surface area contributed by atoms with E-state index in [2.05, 4.69) is 13.8 Å². The van der Waals surface area contributed by atoms with E-state index in [1.54, 1.807) is 0 Å². The van der Waals surface area contributed by atoms with Crippen LogP contribution < -0.4 is 0 Å². The number of hydrogen-bond acceptors (Lipinski definition) is 3. The molecule has 0 spiro atoms. The van der Waals surface area contributed by atoms with Gasteiger partial charge in [0, 0.05) is 5.41 Å². The van der Waals surface area contributed by atoms with Gasteiger partial charge in [0.15, 0.2) is 0 Å². The minimum absolute atomic E-state index is 0.0422. The number of methoxy groups -OCH3 is 1. The third-order valence-electron chi connectivity index (χ3n) is 3.92. The predicted octanol–water partition coefficient (Wildman–Crippen LogP) is 2.66. The molecule has 3 nitrogen and oxygen atoms in total. The van der Waals surface area contributed by atoms with Crippen LogP contribution in [0.3, 0.4) is 0 Å². The number of esters is 1. The molecule has 0 saturated carbocycles. The maximum absolute atomic E-state index is 11.7. The zero-order valence-corrected chi connectivity index (χ0v) is 10.5. The first-order chi connectivity index (χ1) is 7.39. The summed E-state index contributed by atoms with van der Waals surface area (Å²) < 4.78 is 10.9. The van der Waals surface area contributed by atoms with Crippen molar-refractivity contribution in [1.29, 1.82) is 0 Å². The first-order valence-corrected chi connectivity index (χ1v) is 5.88. The van der Waals surface area contributed by atoms with Gasteiger partial charge < -0.3 is 9.47 Å². The van der Waals surface area contributed by atoms with E-state index < -0.39 is 5.60 Å². The van der Waals surface area contributed by atoms with Crippen LogP contribution in [0, 0.1) is 11.3 Å². The highest BCUT2D eigenvalue weighted by Gasteiger charge is 2.50. The Morgan fingerprint density at radius 2 is 2.12 bits per heavy atom. The van der Waals surface area contributed by atoms with Crippen LogP contribution in [0.15, 0.2) is 11.8 Å². The van der Waals surface area contributed by atoms with E-state index >= 15 is 0 Å². The number of hydrogen-bond donors (Lipinski definition) is 0. The van der Waals surface area contributed by atoms with Crippen LogP contribution in [-0.2, 0) is 14.3 Å². The molecular formula is C13H20O3. The summed E-state index contributed by atoms with van der Waals surface area (Å²) in [5, 5.41) is 0. The SMILES string of the molecule is COC(=O)C1C=C2OC1(C)CCCC2(C)C. The summed E-state index contributed by atoms with van der Waals surface area (Å²) in [6, 6.07) is 0. The van der Waals surface area contributed by atoms with Gasteiger partial charge >= 0.3 is 5.97 Å². The summed E-state index contributed by atoms with van der Waals surface area (Å²) >= 11 is 0. The molecule has 2 aliphatic heterocycles. The third-order valence-corrected chi connectivity index (χ3v) is 3.92. The molecule has 16 heavy (non-hydrogen) atoms. The van der Waals surface area contributed by atoms with Crippen LogP contribution in [0.1, 0.15) is 40.0 Å². The molecule has 2 heterocycles. The summed E-state index contributed by atoms with van der Waals surface area (Å²) in [7, 11) is 1.44. The van der Waals surface area contributed by atoms with Crippen molar-refractivity contribution in [3.05, 3.63) is 11.8 Å². The molecule has 1 fully saturated rings. The highest BCUT2D eigenvalue weighted by Crippen LogP contribution is 2.49. The average molecular weight is 224 g/mol. The molecule has 1 saturated heterocycles. The molecule has 0 N–H and O–H groups in total. The predicted molar refractivity (Wildman–Crippen MR) is 60.7 cm³/mol. The number of rotatable bonds is 1. The molecule has 2 atom stereocenters. The van der Waals surface area contributed by atoms with Crippen molar-refractivity contribution >= 4 is 5.97 Å². The quantitative estimate of drug-likeness (QED) is 0.642. The molecule has 2 bridgehead atoms. The van der Waals surface area contributed by atoms with Gasteiger partial charge in [0.1, 0.15) is 11.5 Å². The van der Waals surface area contributed by atoms with Crippen molar-refractivity contribution in [2.75, 3.05) is 7.11 Å². The van der Waals surface area contributed by atoms with Crippen molar-refractivity contribution in [2.24, 2.45) is 11.3 Å². The van der Waals surface area contributed by atoms with E-state index in [-0.39, 0.29) is 17.3 Å². The Hall–Kier alpha value is -0.990. The van der Waals surface area contributed by atoms with Crippen LogP contribution >= 0.6 is 0 Å². The molecule has 3 heteroatoms. The lowest BCUT2D eigenvalue weighted by Gasteiger charge is -2.29. The monoisotopic (exact) mass is 224 g/mol. The summed E-state index contributed by atoms with van der Waals surface area (Å²) in [6.07, 6.45) is 5.08. The summed E-state index contributed by atoms with van der Waals surface area (Å²) in [6.45, 7) is 6.36. The van der Waals surface area contributed by atoms with Gasteiger partial charge in [0.25, 0.3) is 0 Å². The van der Waals surface area contributed by atoms with E-state index in [9.17, 15) is 4.79 Å². The molecule has 0 aromatic carbocycles. The maximum Gasteiger partial charge on any atom is 0.316 e. The summed E-state index contributed by atoms with van der Waals surface area (Å²) in [5.74, 6) is 0.533. The Balaban J connectivity index is 2.36. The van der Waals surface area contributed by atoms with Gasteiger partial charge in [-0.05, 0) is 32.3 Å². The smallest absolute Gasteiger partial charge is 0.316 e. The number of carbonyl (C=O) groups excluding carboxylic acids is 1. The summed E-state index contributed by atoms with van der Waals surface area (Å²) in [5.41, 5.74) is -0.350. The largest absolute Gasteiger partial charge is 0.490 e. The average Bonchev–Trinajstić information content (AvgIpc) is 2.50. The summed E-state index contributed by atoms with van der Waals surface area (Å²) in [4.78, 5) is 11.7. The van der Waals surface area contributed by atoms with E-state index in [0.29, 0.717) is 0 Å². The molecule has 2 unspecified atom stereocenters. The highest BCUT2D eigenvalue weighted by atomic mass is 16.5. The first kappa shape index (κ1) is 11.5. The minimum atomic E-state index is -0.393. The van der Waals surface area contributed by atoms with Crippen LogP contribution in [0.25, 0.3) is 0 Å². The first-order valence-electron chi connectivity index (χ1n) is 5.88. The molecule has 0 radical (unpaired) electrons. The molecule has 0 amide bonds. The normalized spacial score (nSPS) is 36.0. The lowest BCUT2D eigenvalue weighted by molar-refractivity contribution is -0.150. The minimum Gasteiger partial charge on any atom is -0.490 e. The highest BCUT2D eigenvalue weighted by molar-refractivity contribution is 5.76. The number of carbonyl (C=O) groups is 1. The van der Waals surface area contributed by atoms with Gasteiger partial charge in [-0.25, -0.2) is 0 Å². The van der Waals surface area contributed by atoms with Crippen molar-refractivity contribution in [3.8, 4) is 0 Å². The van der Waals surface area contributed by atoms with Crippen molar-refractivity contribution in [1.82, 2.24) is 0 Å².